The molecule has 0 unspecified atom stereocenters. The number of thiophene rings is 1. The van der Waals surface area contributed by atoms with Crippen LogP contribution in [-0.4, -0.2) is 28.6 Å². The van der Waals surface area contributed by atoms with Crippen LogP contribution in [0.25, 0.3) is 0 Å². The number of aryl methyl sites for hydroxylation is 1. The first-order valence-corrected chi connectivity index (χ1v) is 9.51. The molecule has 0 saturated carbocycles. The Labute approximate surface area is 129 Å². The molecular formula is C12H12N4O2S3. The molecule has 0 aliphatic carbocycles. The van der Waals surface area contributed by atoms with Gasteiger partial charge in [-0.05, 0) is 18.4 Å². The van der Waals surface area contributed by atoms with E-state index in [1.807, 2.05) is 24.4 Å². The van der Waals surface area contributed by atoms with Crippen LogP contribution in [0.3, 0.4) is 0 Å². The number of aromatic nitrogens is 4. The Hall–Kier alpha value is -1.58. The molecule has 9 heteroatoms. The van der Waals surface area contributed by atoms with Crippen LogP contribution < -0.4 is 0 Å². The van der Waals surface area contributed by atoms with Crippen molar-refractivity contribution in [3.05, 3.63) is 44.3 Å². The van der Waals surface area contributed by atoms with E-state index in [4.69, 9.17) is 0 Å². The summed E-state index contributed by atoms with van der Waals surface area (Å²) in [6.07, 6.45) is 0.552. The molecule has 0 atom stereocenters. The number of sulfone groups is 1. The second-order valence-corrected chi connectivity index (χ2v) is 8.42. The molecule has 3 heterocycles. The van der Waals surface area contributed by atoms with E-state index in [0.717, 1.165) is 9.88 Å². The molecule has 0 aliphatic heterocycles. The fourth-order valence-electron chi connectivity index (χ4n) is 1.81. The van der Waals surface area contributed by atoms with Crippen LogP contribution in [-0.2, 0) is 22.0 Å². The Balaban J connectivity index is 1.78. The summed E-state index contributed by atoms with van der Waals surface area (Å²) in [4.78, 5) is 9.35. The molecule has 6 nitrogen and oxygen atoms in total. The SMILES string of the molecule is Cc1nc(CS(=O)(=O)c2n[nH]c(Cc3cccs3)n2)cs1. The molecule has 0 fully saturated rings. The molecule has 110 valence electrons. The number of hydrogen-bond acceptors (Lipinski definition) is 7. The lowest BCUT2D eigenvalue weighted by atomic mass is 10.3. The lowest BCUT2D eigenvalue weighted by Gasteiger charge is -1.96. The molecule has 0 amide bonds. The highest BCUT2D eigenvalue weighted by Gasteiger charge is 2.22. The van der Waals surface area contributed by atoms with Gasteiger partial charge < -0.3 is 0 Å². The van der Waals surface area contributed by atoms with Gasteiger partial charge in [0.15, 0.2) is 0 Å². The van der Waals surface area contributed by atoms with Crippen LogP contribution in [0.2, 0.25) is 0 Å². The molecule has 3 rings (SSSR count). The Morgan fingerprint density at radius 2 is 2.14 bits per heavy atom. The van der Waals surface area contributed by atoms with Gasteiger partial charge in [-0.1, -0.05) is 6.07 Å². The normalized spacial score (nSPS) is 11.9. The summed E-state index contributed by atoms with van der Waals surface area (Å²) in [6.45, 7) is 1.84. The van der Waals surface area contributed by atoms with E-state index >= 15 is 0 Å². The summed E-state index contributed by atoms with van der Waals surface area (Å²) >= 11 is 3.02. The fourth-order valence-corrected chi connectivity index (χ4v) is 4.34. The smallest absolute Gasteiger partial charge is 0.262 e. The van der Waals surface area contributed by atoms with Crippen molar-refractivity contribution in [1.29, 1.82) is 0 Å². The molecule has 0 bridgehead atoms. The van der Waals surface area contributed by atoms with E-state index in [2.05, 4.69) is 20.2 Å². The molecule has 0 radical (unpaired) electrons. The van der Waals surface area contributed by atoms with E-state index in [1.54, 1.807) is 16.7 Å². The summed E-state index contributed by atoms with van der Waals surface area (Å²) in [5.41, 5.74) is 0.530. The zero-order valence-corrected chi connectivity index (χ0v) is 13.6. The third-order valence-electron chi connectivity index (χ3n) is 2.72. The molecule has 1 N–H and O–H groups in total. The van der Waals surface area contributed by atoms with Gasteiger partial charge in [-0.25, -0.2) is 18.4 Å². The molecule has 0 spiro atoms. The zero-order valence-electron chi connectivity index (χ0n) is 11.1. The fraction of sp³-hybridized carbons (Fsp3) is 0.250. The summed E-state index contributed by atoms with van der Waals surface area (Å²) in [5, 5.41) is 10.9. The van der Waals surface area contributed by atoms with Crippen molar-refractivity contribution in [1.82, 2.24) is 20.2 Å². The highest BCUT2D eigenvalue weighted by atomic mass is 32.2. The minimum absolute atomic E-state index is 0.167. The van der Waals surface area contributed by atoms with Crippen molar-refractivity contribution < 1.29 is 8.42 Å². The van der Waals surface area contributed by atoms with Gasteiger partial charge in [-0.3, -0.25) is 5.10 Å². The maximum Gasteiger partial charge on any atom is 0.267 e. The summed E-state index contributed by atoms with van der Waals surface area (Å²) in [5.74, 6) is 0.374. The standard InChI is InChI=1S/C12H12N4O2S3/c1-8-13-9(6-20-8)7-21(17,18)12-14-11(15-16-12)5-10-3-2-4-19-10/h2-4,6H,5,7H2,1H3,(H,14,15,16). The quantitative estimate of drug-likeness (QED) is 0.769. The van der Waals surface area contributed by atoms with Gasteiger partial charge >= 0.3 is 0 Å². The third-order valence-corrected chi connectivity index (χ3v) is 5.83. The van der Waals surface area contributed by atoms with Gasteiger partial charge in [0.1, 0.15) is 11.6 Å². The predicted molar refractivity (Wildman–Crippen MR) is 81.2 cm³/mol. The maximum atomic E-state index is 12.2. The summed E-state index contributed by atoms with van der Waals surface area (Å²) < 4.78 is 24.5. The van der Waals surface area contributed by atoms with Crippen molar-refractivity contribution >= 4 is 32.5 Å². The Bertz CT molecular complexity index is 834. The van der Waals surface area contributed by atoms with Crippen molar-refractivity contribution in [2.24, 2.45) is 0 Å². The van der Waals surface area contributed by atoms with E-state index in [0.29, 0.717) is 17.9 Å². The number of aromatic amines is 1. The first-order chi connectivity index (χ1) is 10.0. The highest BCUT2D eigenvalue weighted by Crippen LogP contribution is 2.17. The number of rotatable bonds is 5. The average molecular weight is 340 g/mol. The Morgan fingerprint density at radius 3 is 2.81 bits per heavy atom. The van der Waals surface area contributed by atoms with Gasteiger partial charge in [0, 0.05) is 16.7 Å². The Kier molecular flexibility index (Phi) is 3.87. The lowest BCUT2D eigenvalue weighted by molar-refractivity contribution is 0.586. The van der Waals surface area contributed by atoms with Gasteiger partial charge in [0.05, 0.1) is 10.7 Å². The molecule has 21 heavy (non-hydrogen) atoms. The second kappa shape index (κ2) is 5.66. The molecular weight excluding hydrogens is 328 g/mol. The monoisotopic (exact) mass is 340 g/mol. The van der Waals surface area contributed by atoms with Gasteiger partial charge in [0.2, 0.25) is 9.84 Å². The topological polar surface area (TPSA) is 88.6 Å². The molecule has 0 saturated heterocycles. The largest absolute Gasteiger partial charge is 0.267 e. The zero-order chi connectivity index (χ0) is 14.9. The minimum atomic E-state index is -3.56. The number of H-pyrrole nitrogens is 1. The van der Waals surface area contributed by atoms with Gasteiger partial charge in [0.25, 0.3) is 5.16 Å². The van der Waals surface area contributed by atoms with Crippen LogP contribution in [0.1, 0.15) is 21.4 Å². The van der Waals surface area contributed by atoms with Crippen molar-refractivity contribution in [2.75, 3.05) is 0 Å². The molecule has 0 aromatic carbocycles. The number of nitrogens with one attached hydrogen (secondary N) is 1. The minimum Gasteiger partial charge on any atom is -0.262 e. The maximum absolute atomic E-state index is 12.2. The molecule has 0 aliphatic rings. The van der Waals surface area contributed by atoms with E-state index < -0.39 is 9.84 Å². The predicted octanol–water partition coefficient (Wildman–Crippen LogP) is 2.20. The number of hydrogen-bond donors (Lipinski definition) is 1. The van der Waals surface area contributed by atoms with Gasteiger partial charge in [-0.15, -0.1) is 27.8 Å². The lowest BCUT2D eigenvalue weighted by Crippen LogP contribution is -2.07. The molecule has 3 aromatic rings. The van der Waals surface area contributed by atoms with Crippen molar-refractivity contribution in [2.45, 2.75) is 24.3 Å². The van der Waals surface area contributed by atoms with Crippen LogP contribution in [0.15, 0.2) is 28.0 Å². The van der Waals surface area contributed by atoms with Crippen LogP contribution in [0.5, 0.6) is 0 Å². The summed E-state index contributed by atoms with van der Waals surface area (Å²) in [6, 6.07) is 3.91. The summed E-state index contributed by atoms with van der Waals surface area (Å²) in [7, 11) is -3.56. The van der Waals surface area contributed by atoms with E-state index in [9.17, 15) is 8.42 Å². The van der Waals surface area contributed by atoms with Gasteiger partial charge in [-0.2, -0.15) is 0 Å². The van der Waals surface area contributed by atoms with E-state index in [-0.39, 0.29) is 10.9 Å². The number of thiazole rings is 1. The van der Waals surface area contributed by atoms with Crippen molar-refractivity contribution in [3.63, 3.8) is 0 Å². The highest BCUT2D eigenvalue weighted by molar-refractivity contribution is 7.90. The van der Waals surface area contributed by atoms with Crippen LogP contribution in [0, 0.1) is 6.92 Å². The Morgan fingerprint density at radius 1 is 1.29 bits per heavy atom. The van der Waals surface area contributed by atoms with Crippen LogP contribution in [0.4, 0.5) is 0 Å². The van der Waals surface area contributed by atoms with E-state index in [1.165, 1.54) is 11.3 Å². The average Bonchev–Trinajstić information content (AvgIpc) is 3.12. The second-order valence-electron chi connectivity index (χ2n) is 4.44. The third kappa shape index (κ3) is 3.36. The first kappa shape index (κ1) is 14.4. The molecule has 3 aromatic heterocycles. The van der Waals surface area contributed by atoms with Crippen LogP contribution >= 0.6 is 22.7 Å². The first-order valence-electron chi connectivity index (χ1n) is 6.10. The number of nitrogens with zero attached hydrogens (tertiary/aromatic N) is 3. The van der Waals surface area contributed by atoms with Crippen molar-refractivity contribution in [3.8, 4) is 0 Å².